The van der Waals surface area contributed by atoms with Gasteiger partial charge < -0.3 is 10.6 Å². The van der Waals surface area contributed by atoms with Gasteiger partial charge in [-0.3, -0.25) is 9.69 Å². The summed E-state index contributed by atoms with van der Waals surface area (Å²) in [5.41, 5.74) is 1.27. The Morgan fingerprint density at radius 2 is 1.88 bits per heavy atom. The van der Waals surface area contributed by atoms with Gasteiger partial charge in [-0.25, -0.2) is 0 Å². The lowest BCUT2D eigenvalue weighted by Gasteiger charge is -2.31. The van der Waals surface area contributed by atoms with E-state index in [2.05, 4.69) is 53.6 Å². The van der Waals surface area contributed by atoms with Crippen molar-refractivity contribution in [1.29, 1.82) is 0 Å². The molecule has 1 aliphatic rings. The Labute approximate surface area is 158 Å². The fraction of sp³-hybridized carbons (Fsp3) is 0.611. The molecule has 1 heterocycles. The number of hydrogen-bond acceptors (Lipinski definition) is 3. The van der Waals surface area contributed by atoms with Crippen molar-refractivity contribution in [3.63, 3.8) is 0 Å². The monoisotopic (exact) mass is 375 g/mol. The molecule has 0 aromatic heterocycles. The van der Waals surface area contributed by atoms with E-state index in [0.29, 0.717) is 6.54 Å². The Morgan fingerprint density at radius 1 is 1.21 bits per heavy atom. The summed E-state index contributed by atoms with van der Waals surface area (Å²) in [5.74, 6) is 0.146. The van der Waals surface area contributed by atoms with Crippen molar-refractivity contribution in [2.75, 3.05) is 26.2 Å². The van der Waals surface area contributed by atoms with Crippen LogP contribution in [0.25, 0.3) is 0 Å². The molecule has 0 aliphatic carbocycles. The Hall–Kier alpha value is -0.810. The molecule has 1 aliphatic heterocycles. The van der Waals surface area contributed by atoms with Crippen LogP contribution in [0.2, 0.25) is 0 Å². The molecule has 2 N–H and O–H groups in total. The van der Waals surface area contributed by atoms with E-state index in [1.54, 1.807) is 0 Å². The topological polar surface area (TPSA) is 44.4 Å². The summed E-state index contributed by atoms with van der Waals surface area (Å²) in [5, 5.41) is 6.47. The molecule has 0 radical (unpaired) electrons. The van der Waals surface area contributed by atoms with Crippen molar-refractivity contribution >= 4 is 30.7 Å². The number of amides is 1. The van der Waals surface area contributed by atoms with Gasteiger partial charge in [-0.15, -0.1) is 24.8 Å². The van der Waals surface area contributed by atoms with Crippen LogP contribution in [0.5, 0.6) is 0 Å². The SMILES string of the molecule is CCN(CC)C(CNC(=O)[C@H]1CCCCN1)c1ccccc1.Cl.Cl. The third kappa shape index (κ3) is 6.60. The molecule has 1 fully saturated rings. The first-order chi connectivity index (χ1) is 10.8. The largest absolute Gasteiger partial charge is 0.353 e. The molecule has 2 rings (SSSR count). The van der Waals surface area contributed by atoms with Crippen LogP contribution >= 0.6 is 24.8 Å². The maximum atomic E-state index is 12.3. The predicted molar refractivity (Wildman–Crippen MR) is 105 cm³/mol. The lowest BCUT2D eigenvalue weighted by atomic mass is 10.0. The summed E-state index contributed by atoms with van der Waals surface area (Å²) >= 11 is 0. The molecule has 1 amide bonds. The summed E-state index contributed by atoms with van der Waals surface area (Å²) in [4.78, 5) is 14.7. The van der Waals surface area contributed by atoms with Crippen LogP contribution in [-0.4, -0.2) is 43.0 Å². The molecule has 1 unspecified atom stereocenters. The second-order valence-corrected chi connectivity index (χ2v) is 5.90. The fourth-order valence-electron chi connectivity index (χ4n) is 3.19. The lowest BCUT2D eigenvalue weighted by molar-refractivity contribution is -0.123. The van der Waals surface area contributed by atoms with Crippen LogP contribution in [0.4, 0.5) is 0 Å². The minimum Gasteiger partial charge on any atom is -0.353 e. The van der Waals surface area contributed by atoms with Gasteiger partial charge in [-0.1, -0.05) is 50.6 Å². The molecule has 0 spiro atoms. The molecule has 24 heavy (non-hydrogen) atoms. The highest BCUT2D eigenvalue weighted by Gasteiger charge is 2.23. The maximum absolute atomic E-state index is 12.3. The average molecular weight is 376 g/mol. The van der Waals surface area contributed by atoms with E-state index in [1.165, 1.54) is 12.0 Å². The third-order valence-electron chi connectivity index (χ3n) is 4.53. The van der Waals surface area contributed by atoms with Gasteiger partial charge in [0.15, 0.2) is 0 Å². The lowest BCUT2D eigenvalue weighted by Crippen LogP contribution is -2.48. The van der Waals surface area contributed by atoms with E-state index >= 15 is 0 Å². The normalized spacial score (nSPS) is 18.2. The minimum atomic E-state index is -0.0122. The molecule has 2 atom stereocenters. The third-order valence-corrected chi connectivity index (χ3v) is 4.53. The van der Waals surface area contributed by atoms with Gasteiger partial charge in [0, 0.05) is 6.54 Å². The number of carbonyl (C=O) groups excluding carboxylic acids is 1. The molecular formula is C18H31Cl2N3O. The first-order valence-electron chi connectivity index (χ1n) is 8.56. The van der Waals surface area contributed by atoms with Gasteiger partial charge in [0.05, 0.1) is 12.1 Å². The molecule has 0 saturated carbocycles. The zero-order valence-corrected chi connectivity index (χ0v) is 16.3. The second kappa shape index (κ2) is 12.5. The van der Waals surface area contributed by atoms with Gasteiger partial charge in [0.2, 0.25) is 5.91 Å². The number of likely N-dealkylation sites (N-methyl/N-ethyl adjacent to an activating group) is 1. The van der Waals surface area contributed by atoms with Crippen LogP contribution in [-0.2, 0) is 4.79 Å². The summed E-state index contributed by atoms with van der Waals surface area (Å²) in [6.45, 7) is 7.92. The molecule has 0 bridgehead atoms. The van der Waals surface area contributed by atoms with Gasteiger partial charge in [0.25, 0.3) is 0 Å². The fourth-order valence-corrected chi connectivity index (χ4v) is 3.19. The van der Waals surface area contributed by atoms with Crippen LogP contribution in [0.15, 0.2) is 30.3 Å². The van der Waals surface area contributed by atoms with Crippen LogP contribution in [0.3, 0.4) is 0 Å². The van der Waals surface area contributed by atoms with Gasteiger partial charge in [-0.05, 0) is 38.0 Å². The Bertz CT molecular complexity index is 449. The summed E-state index contributed by atoms with van der Waals surface area (Å²) in [6.07, 6.45) is 3.27. The first kappa shape index (κ1) is 23.2. The Kier molecular flexibility index (Phi) is 12.1. The number of hydrogen-bond donors (Lipinski definition) is 2. The number of benzene rings is 1. The maximum Gasteiger partial charge on any atom is 0.237 e. The van der Waals surface area contributed by atoms with Crippen molar-refractivity contribution in [3.05, 3.63) is 35.9 Å². The van der Waals surface area contributed by atoms with Crippen molar-refractivity contribution in [2.24, 2.45) is 0 Å². The standard InChI is InChI=1S/C18H29N3O.2ClH/c1-3-21(4-2)17(15-10-6-5-7-11-15)14-20-18(22)16-12-8-9-13-19-16;;/h5-7,10-11,16-17,19H,3-4,8-9,12-14H2,1-2H3,(H,20,22);2*1H/t16-,17?;;/m1../s1. The van der Waals surface area contributed by atoms with E-state index in [1.807, 2.05) is 6.07 Å². The number of halogens is 2. The Balaban J connectivity index is 0.00000264. The number of rotatable bonds is 7. The van der Waals surface area contributed by atoms with Gasteiger partial charge in [-0.2, -0.15) is 0 Å². The second-order valence-electron chi connectivity index (χ2n) is 5.90. The van der Waals surface area contributed by atoms with E-state index in [9.17, 15) is 4.79 Å². The van der Waals surface area contributed by atoms with Crippen LogP contribution < -0.4 is 10.6 Å². The molecule has 1 aromatic carbocycles. The summed E-state index contributed by atoms with van der Waals surface area (Å²) < 4.78 is 0. The predicted octanol–water partition coefficient (Wildman–Crippen LogP) is 3.17. The molecular weight excluding hydrogens is 345 g/mol. The Morgan fingerprint density at radius 3 is 2.42 bits per heavy atom. The number of nitrogens with one attached hydrogen (secondary N) is 2. The highest BCUT2D eigenvalue weighted by atomic mass is 35.5. The van der Waals surface area contributed by atoms with E-state index in [0.717, 1.165) is 32.5 Å². The van der Waals surface area contributed by atoms with E-state index < -0.39 is 0 Å². The summed E-state index contributed by atoms with van der Waals surface area (Å²) in [7, 11) is 0. The smallest absolute Gasteiger partial charge is 0.237 e. The van der Waals surface area contributed by atoms with Gasteiger partial charge >= 0.3 is 0 Å². The van der Waals surface area contributed by atoms with Crippen LogP contribution in [0.1, 0.15) is 44.7 Å². The minimum absolute atomic E-state index is 0. The molecule has 4 nitrogen and oxygen atoms in total. The molecule has 1 saturated heterocycles. The van der Waals surface area contributed by atoms with Crippen LogP contribution in [0, 0.1) is 0 Å². The van der Waals surface area contributed by atoms with Crippen molar-refractivity contribution < 1.29 is 4.79 Å². The van der Waals surface area contributed by atoms with E-state index in [-0.39, 0.29) is 42.8 Å². The molecule has 6 heteroatoms. The van der Waals surface area contributed by atoms with Crippen molar-refractivity contribution in [3.8, 4) is 0 Å². The highest BCUT2D eigenvalue weighted by molar-refractivity contribution is 5.85. The number of carbonyl (C=O) groups is 1. The number of piperidine rings is 1. The average Bonchev–Trinajstić information content (AvgIpc) is 2.60. The first-order valence-corrected chi connectivity index (χ1v) is 8.56. The molecule has 1 aromatic rings. The van der Waals surface area contributed by atoms with E-state index in [4.69, 9.17) is 0 Å². The van der Waals surface area contributed by atoms with Crippen molar-refractivity contribution in [2.45, 2.75) is 45.2 Å². The van der Waals surface area contributed by atoms with Crippen molar-refractivity contribution in [1.82, 2.24) is 15.5 Å². The quantitative estimate of drug-likeness (QED) is 0.768. The highest BCUT2D eigenvalue weighted by Crippen LogP contribution is 2.19. The van der Waals surface area contributed by atoms with Gasteiger partial charge in [0.1, 0.15) is 0 Å². The molecule has 138 valence electrons. The number of nitrogens with zero attached hydrogens (tertiary/aromatic N) is 1. The zero-order valence-electron chi connectivity index (χ0n) is 14.7. The zero-order chi connectivity index (χ0) is 15.8. The summed E-state index contributed by atoms with van der Waals surface area (Å²) in [6, 6.07) is 10.7.